The number of primary amides is 1. The van der Waals surface area contributed by atoms with Gasteiger partial charge in [0.1, 0.15) is 5.75 Å². The number of carbonyl (C=O) groups excluding carboxylic acids is 2. The molecule has 1 aliphatic carbocycles. The quantitative estimate of drug-likeness (QED) is 0.599. The molecule has 2 aliphatic rings. The molecule has 2 aromatic carbocycles. The first-order chi connectivity index (χ1) is 16.0. The van der Waals surface area contributed by atoms with E-state index in [9.17, 15) is 9.59 Å². The van der Waals surface area contributed by atoms with Crippen molar-refractivity contribution in [3.05, 3.63) is 59.7 Å². The topological polar surface area (TPSA) is 84.7 Å². The minimum absolute atomic E-state index is 0.00481. The number of amides is 2. The molecule has 0 radical (unpaired) electrons. The highest BCUT2D eigenvalue weighted by Crippen LogP contribution is 2.25. The molecule has 6 nitrogen and oxygen atoms in total. The van der Waals surface area contributed by atoms with Crippen LogP contribution in [0.15, 0.2) is 48.5 Å². The van der Waals surface area contributed by atoms with Crippen LogP contribution >= 0.6 is 0 Å². The van der Waals surface area contributed by atoms with Gasteiger partial charge in [-0.25, -0.2) is 0 Å². The number of nitrogens with one attached hydrogen (secondary N) is 1. The van der Waals surface area contributed by atoms with Gasteiger partial charge in [-0.05, 0) is 86.9 Å². The molecule has 1 atom stereocenters. The molecule has 6 heteroatoms. The van der Waals surface area contributed by atoms with Gasteiger partial charge in [-0.2, -0.15) is 0 Å². The summed E-state index contributed by atoms with van der Waals surface area (Å²) in [4.78, 5) is 26.2. The van der Waals surface area contributed by atoms with Crippen molar-refractivity contribution in [2.75, 3.05) is 18.4 Å². The van der Waals surface area contributed by atoms with Crippen molar-refractivity contribution >= 4 is 17.5 Å². The van der Waals surface area contributed by atoms with Crippen molar-refractivity contribution in [1.82, 2.24) is 4.90 Å². The molecule has 2 amide bonds. The van der Waals surface area contributed by atoms with E-state index < -0.39 is 0 Å². The molecule has 0 spiro atoms. The first kappa shape index (κ1) is 23.3. The van der Waals surface area contributed by atoms with Gasteiger partial charge in [-0.1, -0.05) is 24.3 Å². The number of piperidine rings is 1. The molecule has 1 aliphatic heterocycles. The largest absolute Gasteiger partial charge is 0.490 e. The smallest absolute Gasteiger partial charge is 0.224 e. The summed E-state index contributed by atoms with van der Waals surface area (Å²) in [6.07, 6.45) is 8.10. The third-order valence-corrected chi connectivity index (χ3v) is 6.70. The van der Waals surface area contributed by atoms with E-state index in [-0.39, 0.29) is 17.7 Å². The van der Waals surface area contributed by atoms with Crippen LogP contribution in [0.2, 0.25) is 0 Å². The second kappa shape index (κ2) is 11.3. The van der Waals surface area contributed by atoms with Crippen LogP contribution in [0.5, 0.6) is 5.75 Å². The zero-order valence-corrected chi connectivity index (χ0v) is 19.3. The average molecular weight is 450 g/mol. The van der Waals surface area contributed by atoms with Gasteiger partial charge in [0.2, 0.25) is 11.8 Å². The number of anilines is 1. The lowest BCUT2D eigenvalue weighted by atomic mass is 9.97. The van der Waals surface area contributed by atoms with Gasteiger partial charge >= 0.3 is 0 Å². The highest BCUT2D eigenvalue weighted by molar-refractivity contribution is 5.90. The van der Waals surface area contributed by atoms with Crippen molar-refractivity contribution in [3.63, 3.8) is 0 Å². The summed E-state index contributed by atoms with van der Waals surface area (Å²) in [7, 11) is 0. The number of nitrogens with zero attached hydrogens (tertiary/aromatic N) is 1. The zero-order chi connectivity index (χ0) is 23.0. The van der Waals surface area contributed by atoms with E-state index in [1.807, 2.05) is 42.5 Å². The maximum Gasteiger partial charge on any atom is 0.224 e. The molecule has 176 valence electrons. The van der Waals surface area contributed by atoms with Crippen LogP contribution < -0.4 is 15.8 Å². The summed E-state index contributed by atoms with van der Waals surface area (Å²) >= 11 is 0. The maximum atomic E-state index is 12.5. The van der Waals surface area contributed by atoms with E-state index in [0.29, 0.717) is 18.9 Å². The van der Waals surface area contributed by atoms with Crippen LogP contribution in [-0.4, -0.2) is 35.9 Å². The number of hydrogen-bond donors (Lipinski definition) is 2. The van der Waals surface area contributed by atoms with Crippen molar-refractivity contribution in [2.45, 2.75) is 64.0 Å². The number of benzene rings is 2. The Morgan fingerprint density at radius 1 is 1.00 bits per heavy atom. The normalized spacial score (nSPS) is 19.3. The van der Waals surface area contributed by atoms with E-state index in [4.69, 9.17) is 10.5 Å². The minimum Gasteiger partial charge on any atom is -0.490 e. The molecule has 0 aromatic heterocycles. The summed E-state index contributed by atoms with van der Waals surface area (Å²) in [5.41, 5.74) is 8.56. The molecule has 1 saturated heterocycles. The Balaban J connectivity index is 1.22. The highest BCUT2D eigenvalue weighted by Gasteiger charge is 2.23. The second-order valence-electron chi connectivity index (χ2n) is 9.39. The van der Waals surface area contributed by atoms with Gasteiger partial charge in [0.25, 0.3) is 0 Å². The van der Waals surface area contributed by atoms with E-state index in [1.54, 1.807) is 0 Å². The van der Waals surface area contributed by atoms with Gasteiger partial charge in [-0.15, -0.1) is 0 Å². The maximum absolute atomic E-state index is 12.5. The van der Waals surface area contributed by atoms with Crippen LogP contribution in [0.4, 0.5) is 5.69 Å². The Kier molecular flexibility index (Phi) is 8.00. The molecule has 2 aromatic rings. The Labute approximate surface area is 196 Å². The minimum atomic E-state index is -0.203. The number of rotatable bonds is 9. The van der Waals surface area contributed by atoms with Gasteiger partial charge in [0.15, 0.2) is 0 Å². The van der Waals surface area contributed by atoms with Crippen molar-refractivity contribution in [1.29, 1.82) is 0 Å². The molecule has 33 heavy (non-hydrogen) atoms. The van der Waals surface area contributed by atoms with Crippen molar-refractivity contribution < 1.29 is 14.3 Å². The molecule has 1 saturated carbocycles. The highest BCUT2D eigenvalue weighted by atomic mass is 16.5. The van der Waals surface area contributed by atoms with Crippen LogP contribution in [-0.2, 0) is 22.6 Å². The average Bonchev–Trinajstić information content (AvgIpc) is 3.32. The van der Waals surface area contributed by atoms with E-state index in [1.165, 1.54) is 12.8 Å². The molecular formula is C27H35N3O3. The van der Waals surface area contributed by atoms with Gasteiger partial charge in [-0.3, -0.25) is 14.5 Å². The Hall–Kier alpha value is -2.86. The van der Waals surface area contributed by atoms with Crippen molar-refractivity contribution in [2.24, 2.45) is 11.7 Å². The predicted molar refractivity (Wildman–Crippen MR) is 130 cm³/mol. The van der Waals surface area contributed by atoms with E-state index >= 15 is 0 Å². The van der Waals surface area contributed by atoms with Gasteiger partial charge in [0.05, 0.1) is 12.0 Å². The summed E-state index contributed by atoms with van der Waals surface area (Å²) in [5, 5.41) is 2.99. The number of ether oxygens (including phenoxy) is 1. The van der Waals surface area contributed by atoms with Gasteiger partial charge in [0, 0.05) is 25.2 Å². The lowest BCUT2D eigenvalue weighted by Crippen LogP contribution is -2.40. The second-order valence-corrected chi connectivity index (χ2v) is 9.39. The Bertz CT molecular complexity index is 938. The van der Waals surface area contributed by atoms with Crippen molar-refractivity contribution in [3.8, 4) is 5.75 Å². The molecule has 0 bridgehead atoms. The fraction of sp³-hybridized carbons (Fsp3) is 0.481. The van der Waals surface area contributed by atoms with Crippen LogP contribution in [0.1, 0.15) is 56.1 Å². The molecule has 4 rings (SSSR count). The summed E-state index contributed by atoms with van der Waals surface area (Å²) < 4.78 is 6.07. The lowest BCUT2D eigenvalue weighted by molar-refractivity contribution is -0.123. The fourth-order valence-corrected chi connectivity index (χ4v) is 4.84. The Morgan fingerprint density at radius 3 is 2.55 bits per heavy atom. The first-order valence-corrected chi connectivity index (χ1v) is 12.2. The summed E-state index contributed by atoms with van der Waals surface area (Å²) in [5.74, 6) is 0.662. The SMILES string of the molecule is NC(=O)C1CCCN(Cc2ccc(NC(=O)CCc3cccc(OC4CCCC4)c3)cc2)C1. The number of likely N-dealkylation sites (tertiary alicyclic amines) is 1. The molecular weight excluding hydrogens is 414 g/mol. The summed E-state index contributed by atoms with van der Waals surface area (Å²) in [6, 6.07) is 16.1. The standard InChI is InChI=1S/C27H35N3O3/c28-27(32)22-6-4-16-30(19-22)18-21-10-13-23(14-11-21)29-26(31)15-12-20-5-3-9-25(17-20)33-24-7-1-2-8-24/h3,5,9-11,13-14,17,22,24H,1-2,4,6-8,12,15-16,18-19H2,(H2,28,32)(H,29,31). The van der Waals surface area contributed by atoms with Gasteiger partial charge < -0.3 is 15.8 Å². The number of hydrogen-bond acceptors (Lipinski definition) is 4. The van der Waals surface area contributed by atoms with E-state index in [0.717, 1.165) is 67.9 Å². The van der Waals surface area contributed by atoms with Crippen LogP contribution in [0, 0.1) is 5.92 Å². The third-order valence-electron chi connectivity index (χ3n) is 6.70. The third kappa shape index (κ3) is 7.06. The number of aryl methyl sites for hydroxylation is 1. The number of carbonyl (C=O) groups is 2. The Morgan fingerprint density at radius 2 is 1.79 bits per heavy atom. The van der Waals surface area contributed by atoms with Crippen LogP contribution in [0.25, 0.3) is 0 Å². The molecule has 1 unspecified atom stereocenters. The fourth-order valence-electron chi connectivity index (χ4n) is 4.84. The zero-order valence-electron chi connectivity index (χ0n) is 19.3. The number of nitrogens with two attached hydrogens (primary N) is 1. The summed E-state index contributed by atoms with van der Waals surface area (Å²) in [6.45, 7) is 2.49. The van der Waals surface area contributed by atoms with Crippen LogP contribution in [0.3, 0.4) is 0 Å². The lowest BCUT2D eigenvalue weighted by Gasteiger charge is -2.31. The first-order valence-electron chi connectivity index (χ1n) is 12.2. The van der Waals surface area contributed by atoms with E-state index in [2.05, 4.69) is 16.3 Å². The predicted octanol–water partition coefficient (Wildman–Crippen LogP) is 4.28. The molecule has 3 N–H and O–H groups in total. The molecule has 2 fully saturated rings. The molecule has 1 heterocycles. The monoisotopic (exact) mass is 449 g/mol.